The minimum Gasteiger partial charge on any atom is -0.481 e. The second-order valence-corrected chi connectivity index (χ2v) is 14.8. The van der Waals surface area contributed by atoms with Crippen LogP contribution in [0, 0.1) is 22.7 Å². The van der Waals surface area contributed by atoms with Crippen LogP contribution in [0.5, 0.6) is 0 Å². The number of nitriles is 1. The van der Waals surface area contributed by atoms with Crippen LogP contribution in [0.25, 0.3) is 28.1 Å². The molecular formula is C39H40N6O6. The van der Waals surface area contributed by atoms with Crippen LogP contribution < -0.4 is 0 Å². The van der Waals surface area contributed by atoms with E-state index in [1.807, 2.05) is 35.2 Å². The number of carboxylic acids is 1. The van der Waals surface area contributed by atoms with Gasteiger partial charge in [0.05, 0.1) is 43.1 Å². The molecule has 5 heterocycles. The van der Waals surface area contributed by atoms with Crippen molar-refractivity contribution in [2.45, 2.75) is 58.3 Å². The van der Waals surface area contributed by atoms with E-state index in [0.717, 1.165) is 40.9 Å². The first-order valence-electron chi connectivity index (χ1n) is 17.5. The first-order chi connectivity index (χ1) is 24.5. The van der Waals surface area contributed by atoms with Crippen LogP contribution in [0.3, 0.4) is 0 Å². The highest BCUT2D eigenvalue weighted by Gasteiger charge is 2.40. The van der Waals surface area contributed by atoms with Gasteiger partial charge in [0.1, 0.15) is 23.0 Å². The molecule has 8 rings (SSSR count). The molecule has 1 unspecified atom stereocenters. The van der Waals surface area contributed by atoms with Crippen molar-refractivity contribution in [3.63, 3.8) is 0 Å². The third-order valence-corrected chi connectivity index (χ3v) is 10.9. The maximum absolute atomic E-state index is 13.0. The maximum atomic E-state index is 13.0. The van der Waals surface area contributed by atoms with Crippen LogP contribution >= 0.6 is 0 Å². The average molecular weight is 689 g/mol. The third-order valence-electron chi connectivity index (χ3n) is 10.9. The molecule has 12 nitrogen and oxygen atoms in total. The number of oxazole rings is 2. The van der Waals surface area contributed by atoms with Crippen LogP contribution in [0.2, 0.25) is 0 Å². The number of rotatable bonds is 8. The van der Waals surface area contributed by atoms with Crippen LogP contribution in [-0.4, -0.2) is 85.6 Å². The van der Waals surface area contributed by atoms with Gasteiger partial charge >= 0.3 is 5.97 Å². The Morgan fingerprint density at radius 3 is 2.61 bits per heavy atom. The smallest absolute Gasteiger partial charge is 0.307 e. The summed E-state index contributed by atoms with van der Waals surface area (Å²) in [7, 11) is 0. The van der Waals surface area contributed by atoms with E-state index in [4.69, 9.17) is 18.8 Å². The van der Waals surface area contributed by atoms with Gasteiger partial charge in [-0.15, -0.1) is 0 Å². The Morgan fingerprint density at radius 2 is 1.86 bits per heavy atom. The molecule has 0 radical (unpaired) electrons. The molecule has 3 aliphatic heterocycles. The fraction of sp³-hybridized carbons (Fsp3) is 0.410. The Labute approximate surface area is 295 Å². The highest BCUT2D eigenvalue weighted by molar-refractivity contribution is 5.84. The quantitative estimate of drug-likeness (QED) is 0.258. The molecule has 2 N–H and O–H groups in total. The Morgan fingerprint density at radius 1 is 1.04 bits per heavy atom. The minimum atomic E-state index is -0.809. The molecule has 1 amide bonds. The Kier molecular flexibility index (Phi) is 8.37. The summed E-state index contributed by atoms with van der Waals surface area (Å²) in [6, 6.07) is 14.1. The van der Waals surface area contributed by atoms with Gasteiger partial charge in [-0.25, -0.2) is 9.97 Å². The molecule has 4 aliphatic rings. The topological polar surface area (TPSA) is 160 Å². The summed E-state index contributed by atoms with van der Waals surface area (Å²) in [6.45, 7) is 8.33. The fourth-order valence-corrected chi connectivity index (χ4v) is 8.01. The summed E-state index contributed by atoms with van der Waals surface area (Å²) < 4.78 is 12.6. The summed E-state index contributed by atoms with van der Waals surface area (Å²) in [5.41, 5.74) is 5.76. The maximum Gasteiger partial charge on any atom is 0.307 e. The SMILES string of the molecule is CC1(C)C(c2cccc(-c3nc4cc(CN5CC[C@@H](O)C5)cc(C#N)c4o3)c2)=CC=CC1c1nc2c(o1)CN(C(=O)CN1CC[C@H](C(=O)O)C1)C2. The van der Waals surface area contributed by atoms with Crippen molar-refractivity contribution in [3.8, 4) is 17.5 Å². The number of nitrogens with zero attached hydrogens (tertiary/aromatic N) is 6. The lowest BCUT2D eigenvalue weighted by Gasteiger charge is -2.36. The number of amides is 1. The third kappa shape index (κ3) is 6.26. The number of aliphatic carboxylic acids is 1. The summed E-state index contributed by atoms with van der Waals surface area (Å²) in [5.74, 6) is 0.319. The Hall–Kier alpha value is -5.09. The van der Waals surface area contributed by atoms with Crippen LogP contribution in [0.1, 0.15) is 66.6 Å². The number of aliphatic hydroxyl groups is 1. The second kappa shape index (κ2) is 12.9. The number of aromatic nitrogens is 2. The number of fused-ring (bicyclic) bond motifs is 2. The van der Waals surface area contributed by atoms with Gasteiger partial charge in [-0.1, -0.05) is 44.2 Å². The molecule has 2 saturated heterocycles. The number of carbonyl (C=O) groups excluding carboxylic acids is 1. The molecule has 2 fully saturated rings. The van der Waals surface area contributed by atoms with Gasteiger partial charge in [0.25, 0.3) is 0 Å². The largest absolute Gasteiger partial charge is 0.481 e. The normalized spacial score (nSPS) is 23.1. The van der Waals surface area contributed by atoms with E-state index >= 15 is 0 Å². The van der Waals surface area contributed by atoms with Gasteiger partial charge < -0.3 is 23.9 Å². The molecule has 51 heavy (non-hydrogen) atoms. The van der Waals surface area contributed by atoms with Gasteiger partial charge in [-0.05, 0) is 60.4 Å². The molecule has 2 aromatic carbocycles. The van der Waals surface area contributed by atoms with E-state index in [9.17, 15) is 25.1 Å². The van der Waals surface area contributed by atoms with E-state index in [2.05, 4.69) is 49.1 Å². The monoisotopic (exact) mass is 688 g/mol. The number of carbonyl (C=O) groups is 2. The van der Waals surface area contributed by atoms with E-state index in [1.165, 1.54) is 0 Å². The number of hydrogen-bond donors (Lipinski definition) is 2. The van der Waals surface area contributed by atoms with Gasteiger partial charge in [-0.3, -0.25) is 19.4 Å². The number of hydrogen-bond acceptors (Lipinski definition) is 10. The predicted molar refractivity (Wildman–Crippen MR) is 187 cm³/mol. The van der Waals surface area contributed by atoms with Gasteiger partial charge in [0.2, 0.25) is 17.7 Å². The van der Waals surface area contributed by atoms with Crippen molar-refractivity contribution in [1.82, 2.24) is 24.7 Å². The van der Waals surface area contributed by atoms with Crippen LogP contribution in [0.4, 0.5) is 0 Å². The van der Waals surface area contributed by atoms with E-state index < -0.39 is 17.3 Å². The zero-order chi connectivity index (χ0) is 35.4. The fourth-order valence-electron chi connectivity index (χ4n) is 8.01. The summed E-state index contributed by atoms with van der Waals surface area (Å²) in [6.07, 6.45) is 7.25. The van der Waals surface area contributed by atoms with Gasteiger partial charge in [0.15, 0.2) is 5.58 Å². The highest BCUT2D eigenvalue weighted by Crippen LogP contribution is 2.50. The van der Waals surface area contributed by atoms with Crippen molar-refractivity contribution in [2.75, 3.05) is 32.7 Å². The number of carboxylic acid groups (broad SMARTS) is 1. The lowest BCUT2D eigenvalue weighted by molar-refractivity contribution is -0.141. The lowest BCUT2D eigenvalue weighted by atomic mass is 9.68. The molecule has 0 spiro atoms. The molecule has 2 aromatic heterocycles. The van der Waals surface area contributed by atoms with Crippen molar-refractivity contribution in [3.05, 3.63) is 88.7 Å². The van der Waals surface area contributed by atoms with Crippen molar-refractivity contribution >= 4 is 28.5 Å². The zero-order valence-electron chi connectivity index (χ0n) is 28.7. The molecule has 262 valence electrons. The molecule has 0 saturated carbocycles. The highest BCUT2D eigenvalue weighted by atomic mass is 16.4. The Bertz CT molecular complexity index is 2110. The first kappa shape index (κ1) is 33.1. The summed E-state index contributed by atoms with van der Waals surface area (Å²) in [4.78, 5) is 39.9. The standard InChI is InChI=1S/C39H40N6O6/c1-39(2)29(7-4-8-30(39)37-42-32-20-45(21-33(32)50-37)34(47)22-44-11-9-26(18-44)38(48)49)24-5-3-6-25(15-24)36-41-31-14-23(13-27(16-40)35(31)51-36)17-43-12-10-28(46)19-43/h3-8,13-15,26,28,30,46H,9-12,17-22H2,1-2H3,(H,48,49)/t26-,28+,30?/m0/s1. The number of allylic oxidation sites excluding steroid dienone is 4. The summed E-state index contributed by atoms with van der Waals surface area (Å²) in [5, 5.41) is 29.2. The summed E-state index contributed by atoms with van der Waals surface area (Å²) >= 11 is 0. The Balaban J connectivity index is 0.981. The number of benzene rings is 2. The average Bonchev–Trinajstić information content (AvgIpc) is 3.93. The first-order valence-corrected chi connectivity index (χ1v) is 17.5. The molecule has 1 aliphatic carbocycles. The second-order valence-electron chi connectivity index (χ2n) is 14.8. The van der Waals surface area contributed by atoms with E-state index in [1.54, 1.807) is 4.90 Å². The molecule has 3 atom stereocenters. The van der Waals surface area contributed by atoms with E-state index in [-0.39, 0.29) is 24.5 Å². The van der Waals surface area contributed by atoms with Crippen molar-refractivity contribution in [2.24, 2.45) is 11.3 Å². The van der Waals surface area contributed by atoms with Crippen molar-refractivity contribution in [1.29, 1.82) is 5.26 Å². The lowest BCUT2D eigenvalue weighted by Crippen LogP contribution is -2.37. The number of β-amino-alcohol motifs (C(OH)–C–C–N with tert-alkyl or cyclic N) is 1. The van der Waals surface area contributed by atoms with Crippen molar-refractivity contribution < 1.29 is 28.6 Å². The van der Waals surface area contributed by atoms with Gasteiger partial charge in [0, 0.05) is 37.2 Å². The minimum absolute atomic E-state index is 0.0511. The molecule has 4 aromatic rings. The van der Waals surface area contributed by atoms with Gasteiger partial charge in [-0.2, -0.15) is 5.26 Å². The van der Waals surface area contributed by atoms with E-state index in [0.29, 0.717) is 79.9 Å². The molecule has 12 heteroatoms. The zero-order valence-corrected chi connectivity index (χ0v) is 28.7. The number of likely N-dealkylation sites (tertiary alicyclic amines) is 2. The number of aliphatic hydroxyl groups excluding tert-OH is 1. The predicted octanol–water partition coefficient (Wildman–Crippen LogP) is 4.93. The molecule has 0 bridgehead atoms. The molecular weight excluding hydrogens is 648 g/mol. The van der Waals surface area contributed by atoms with Crippen LogP contribution in [-0.2, 0) is 29.2 Å². The van der Waals surface area contributed by atoms with Crippen LogP contribution in [0.15, 0.2) is 63.5 Å².